The van der Waals surface area contributed by atoms with Crippen LogP contribution in [0.2, 0.25) is 0 Å². The number of rotatable bonds is 8. The van der Waals surface area contributed by atoms with Crippen LogP contribution in [-0.4, -0.2) is 40.8 Å². The molecule has 0 bridgehead atoms. The van der Waals surface area contributed by atoms with Gasteiger partial charge in [-0.3, -0.25) is 24.3 Å². The first-order chi connectivity index (χ1) is 17.4. The molecule has 0 unspecified atom stereocenters. The van der Waals surface area contributed by atoms with Crippen LogP contribution in [0.3, 0.4) is 0 Å². The first-order valence-corrected chi connectivity index (χ1v) is 11.7. The third-order valence-electron chi connectivity index (χ3n) is 5.07. The monoisotopic (exact) mass is 507 g/mol. The number of nitrogens with one attached hydrogen (secondary N) is 2. The standard InChI is InChI=1S/C25H21N3O7S/c1-2-34-25(33)18-12-19(15-8-4-3-5-9-15)36-23(18)26-20(29)14-35-21(30)13-28-24(32)17-11-7-6-10-16(17)22(31)27-28/h3-12H,2,13-14H2,1H3,(H,26,29)(H,27,31). The molecule has 0 atom stereocenters. The van der Waals surface area contributed by atoms with Crippen molar-refractivity contribution >= 4 is 45.0 Å². The number of nitrogens with zero attached hydrogens (tertiary/aromatic N) is 1. The third-order valence-corrected chi connectivity index (χ3v) is 6.17. The second-order valence-corrected chi connectivity index (χ2v) is 8.58. The zero-order chi connectivity index (χ0) is 25.7. The van der Waals surface area contributed by atoms with E-state index in [1.54, 1.807) is 25.1 Å². The maximum Gasteiger partial charge on any atom is 0.341 e. The van der Waals surface area contributed by atoms with Crippen molar-refractivity contribution in [2.45, 2.75) is 13.5 Å². The lowest BCUT2D eigenvalue weighted by Gasteiger charge is -2.09. The van der Waals surface area contributed by atoms with Crippen LogP contribution in [0.5, 0.6) is 0 Å². The van der Waals surface area contributed by atoms with Crippen molar-refractivity contribution in [1.82, 2.24) is 9.78 Å². The number of anilines is 1. The van der Waals surface area contributed by atoms with E-state index in [0.717, 1.165) is 15.1 Å². The molecule has 0 aliphatic rings. The van der Waals surface area contributed by atoms with Crippen molar-refractivity contribution < 1.29 is 23.9 Å². The summed E-state index contributed by atoms with van der Waals surface area (Å²) >= 11 is 1.18. The number of ether oxygens (including phenoxy) is 2. The van der Waals surface area contributed by atoms with Crippen molar-refractivity contribution in [2.75, 3.05) is 18.5 Å². The number of esters is 2. The average Bonchev–Trinajstić information content (AvgIpc) is 3.30. The minimum absolute atomic E-state index is 0.158. The molecule has 4 rings (SSSR count). The Bertz CT molecular complexity index is 1550. The molecule has 0 aliphatic heterocycles. The molecule has 4 aromatic rings. The molecule has 10 nitrogen and oxygen atoms in total. The second-order valence-electron chi connectivity index (χ2n) is 7.53. The van der Waals surface area contributed by atoms with Crippen LogP contribution in [-0.2, 0) is 25.6 Å². The number of carbonyl (C=O) groups excluding carboxylic acids is 3. The van der Waals surface area contributed by atoms with Crippen molar-refractivity contribution in [3.63, 3.8) is 0 Å². The summed E-state index contributed by atoms with van der Waals surface area (Å²) in [5.74, 6) is -2.18. The van der Waals surface area contributed by atoms with Crippen LogP contribution < -0.4 is 16.4 Å². The zero-order valence-electron chi connectivity index (χ0n) is 19.1. The molecule has 0 fully saturated rings. The van der Waals surface area contributed by atoms with Gasteiger partial charge in [0.25, 0.3) is 17.0 Å². The number of aromatic amines is 1. The Morgan fingerprint density at radius 3 is 2.39 bits per heavy atom. The minimum Gasteiger partial charge on any atom is -0.462 e. The number of hydrogen-bond donors (Lipinski definition) is 2. The number of hydrogen-bond acceptors (Lipinski definition) is 8. The molecule has 2 aromatic heterocycles. The summed E-state index contributed by atoms with van der Waals surface area (Å²) in [5, 5.41) is 5.52. The highest BCUT2D eigenvalue weighted by molar-refractivity contribution is 7.20. The van der Waals surface area contributed by atoms with E-state index >= 15 is 0 Å². The molecule has 11 heteroatoms. The Hall–Kier alpha value is -4.51. The largest absolute Gasteiger partial charge is 0.462 e. The molecule has 0 aliphatic carbocycles. The van der Waals surface area contributed by atoms with Crippen LogP contribution >= 0.6 is 11.3 Å². The van der Waals surface area contributed by atoms with Gasteiger partial charge in [-0.2, -0.15) is 0 Å². The van der Waals surface area contributed by atoms with Crippen LogP contribution in [0.15, 0.2) is 70.3 Å². The van der Waals surface area contributed by atoms with Gasteiger partial charge in [-0.15, -0.1) is 11.3 Å². The number of H-pyrrole nitrogens is 1. The number of amides is 1. The quantitative estimate of drug-likeness (QED) is 0.350. The van der Waals surface area contributed by atoms with Crippen LogP contribution in [0.4, 0.5) is 5.00 Å². The van der Waals surface area contributed by atoms with Crippen LogP contribution in [0.1, 0.15) is 17.3 Å². The summed E-state index contributed by atoms with van der Waals surface area (Å²) in [6.07, 6.45) is 0. The first-order valence-electron chi connectivity index (χ1n) is 10.9. The molecule has 0 radical (unpaired) electrons. The molecule has 0 spiro atoms. The smallest absolute Gasteiger partial charge is 0.341 e. The molecule has 2 aromatic carbocycles. The van der Waals surface area contributed by atoms with Crippen molar-refractivity contribution in [3.05, 3.63) is 86.9 Å². The van der Waals surface area contributed by atoms with E-state index in [4.69, 9.17) is 9.47 Å². The molecule has 2 heterocycles. The Morgan fingerprint density at radius 1 is 0.972 bits per heavy atom. The van der Waals surface area contributed by atoms with Gasteiger partial charge in [-0.1, -0.05) is 42.5 Å². The fourth-order valence-electron chi connectivity index (χ4n) is 3.43. The Kier molecular flexibility index (Phi) is 7.40. The highest BCUT2D eigenvalue weighted by Crippen LogP contribution is 2.35. The number of benzene rings is 2. The van der Waals surface area contributed by atoms with Crippen molar-refractivity contribution in [1.29, 1.82) is 0 Å². The van der Waals surface area contributed by atoms with E-state index in [2.05, 4.69) is 10.4 Å². The van der Waals surface area contributed by atoms with Crippen molar-refractivity contribution in [2.24, 2.45) is 0 Å². The van der Waals surface area contributed by atoms with Crippen LogP contribution in [0.25, 0.3) is 21.2 Å². The van der Waals surface area contributed by atoms with E-state index < -0.39 is 42.1 Å². The topological polar surface area (TPSA) is 137 Å². The lowest BCUT2D eigenvalue weighted by molar-refractivity contribution is -0.148. The zero-order valence-corrected chi connectivity index (χ0v) is 19.9. The number of fused-ring (bicyclic) bond motifs is 1. The van der Waals surface area contributed by atoms with E-state index in [1.165, 1.54) is 23.5 Å². The van der Waals surface area contributed by atoms with E-state index in [-0.39, 0.29) is 27.9 Å². The van der Waals surface area contributed by atoms with Gasteiger partial charge in [0.15, 0.2) is 6.61 Å². The summed E-state index contributed by atoms with van der Waals surface area (Å²) in [7, 11) is 0. The van der Waals surface area contributed by atoms with E-state index in [9.17, 15) is 24.0 Å². The molecule has 0 saturated heterocycles. The highest BCUT2D eigenvalue weighted by atomic mass is 32.1. The summed E-state index contributed by atoms with van der Waals surface area (Å²) in [4.78, 5) is 62.6. The van der Waals surface area contributed by atoms with Gasteiger partial charge in [0.2, 0.25) is 0 Å². The van der Waals surface area contributed by atoms with Gasteiger partial charge in [0, 0.05) is 4.88 Å². The SMILES string of the molecule is CCOC(=O)c1cc(-c2ccccc2)sc1NC(=O)COC(=O)Cn1[nH]c(=O)c2ccccc2c1=O. The van der Waals surface area contributed by atoms with E-state index in [0.29, 0.717) is 0 Å². The molecule has 184 valence electrons. The normalized spacial score (nSPS) is 10.7. The van der Waals surface area contributed by atoms with Gasteiger partial charge < -0.3 is 14.8 Å². The number of carbonyl (C=O) groups is 3. The molecule has 36 heavy (non-hydrogen) atoms. The number of aromatic nitrogens is 2. The Labute approximate surface area is 208 Å². The molecular weight excluding hydrogens is 486 g/mol. The maximum absolute atomic E-state index is 12.5. The summed E-state index contributed by atoms with van der Waals surface area (Å²) in [6, 6.07) is 17.1. The fraction of sp³-hybridized carbons (Fsp3) is 0.160. The predicted molar refractivity (Wildman–Crippen MR) is 134 cm³/mol. The van der Waals surface area contributed by atoms with E-state index in [1.807, 2.05) is 30.3 Å². The summed E-state index contributed by atoms with van der Waals surface area (Å²) < 4.78 is 10.9. The first kappa shape index (κ1) is 24.6. The summed E-state index contributed by atoms with van der Waals surface area (Å²) in [6.45, 7) is 0.592. The molecular formula is C25H21N3O7S. The predicted octanol–water partition coefficient (Wildman–Crippen LogP) is 2.78. The van der Waals surface area contributed by atoms with Crippen molar-refractivity contribution in [3.8, 4) is 10.4 Å². The van der Waals surface area contributed by atoms with Gasteiger partial charge in [-0.05, 0) is 30.7 Å². The van der Waals surface area contributed by atoms with Gasteiger partial charge in [0.05, 0.1) is 22.9 Å². The lowest BCUT2D eigenvalue weighted by Crippen LogP contribution is -2.33. The molecule has 2 N–H and O–H groups in total. The van der Waals surface area contributed by atoms with Gasteiger partial charge in [-0.25, -0.2) is 9.48 Å². The Morgan fingerprint density at radius 2 is 1.67 bits per heavy atom. The summed E-state index contributed by atoms with van der Waals surface area (Å²) in [5.41, 5.74) is -0.0673. The Balaban J connectivity index is 1.44. The van der Waals surface area contributed by atoms with Crippen LogP contribution in [0, 0.1) is 0 Å². The number of thiophene rings is 1. The van der Waals surface area contributed by atoms with Gasteiger partial charge >= 0.3 is 11.9 Å². The average molecular weight is 508 g/mol. The fourth-order valence-corrected chi connectivity index (χ4v) is 4.50. The molecule has 1 amide bonds. The minimum atomic E-state index is -0.903. The lowest BCUT2D eigenvalue weighted by atomic mass is 10.1. The van der Waals surface area contributed by atoms with Gasteiger partial charge in [0.1, 0.15) is 11.5 Å². The second kappa shape index (κ2) is 10.8. The highest BCUT2D eigenvalue weighted by Gasteiger charge is 2.20. The third kappa shape index (κ3) is 5.41. The maximum atomic E-state index is 12.5. The molecule has 0 saturated carbocycles.